The molecule has 3 N–H and O–H groups in total. The van der Waals surface area contributed by atoms with Crippen LogP contribution in [0.15, 0.2) is 17.1 Å². The first-order valence-corrected chi connectivity index (χ1v) is 6.02. The summed E-state index contributed by atoms with van der Waals surface area (Å²) in [5.41, 5.74) is 2.60. The molecule has 8 heteroatoms. The molecule has 0 spiro atoms. The van der Waals surface area contributed by atoms with E-state index in [4.69, 9.17) is 10.8 Å². The normalized spacial score (nSPS) is 20.7. The van der Waals surface area contributed by atoms with E-state index in [0.29, 0.717) is 6.07 Å². The van der Waals surface area contributed by atoms with E-state index in [0.717, 1.165) is 10.8 Å². The fourth-order valence-corrected chi connectivity index (χ4v) is 2.36. The number of rotatable bonds is 2. The SMILES string of the molecule is Nc1c(F)cc(F)c2c1c(=O)c(C(=O)O)cn2[C@@H]1C[C@H]1F. The zero-order valence-electron chi connectivity index (χ0n) is 10.4. The molecule has 0 unspecified atom stereocenters. The highest BCUT2D eigenvalue weighted by Gasteiger charge is 2.40. The van der Waals surface area contributed by atoms with Crippen molar-refractivity contribution in [3.05, 3.63) is 39.7 Å². The van der Waals surface area contributed by atoms with Crippen LogP contribution in [0.25, 0.3) is 10.9 Å². The molecule has 0 bridgehead atoms. The van der Waals surface area contributed by atoms with E-state index >= 15 is 0 Å². The average molecular weight is 298 g/mol. The van der Waals surface area contributed by atoms with Crippen LogP contribution in [0.5, 0.6) is 0 Å². The Balaban J connectivity index is 2.52. The van der Waals surface area contributed by atoms with E-state index in [1.165, 1.54) is 0 Å². The molecule has 5 nitrogen and oxygen atoms in total. The summed E-state index contributed by atoms with van der Waals surface area (Å²) in [6, 6.07) is -0.297. The number of halogens is 3. The van der Waals surface area contributed by atoms with Crippen LogP contribution >= 0.6 is 0 Å². The summed E-state index contributed by atoms with van der Waals surface area (Å²) >= 11 is 0. The number of carbonyl (C=O) groups is 1. The minimum Gasteiger partial charge on any atom is -0.477 e. The monoisotopic (exact) mass is 298 g/mol. The molecule has 0 amide bonds. The highest BCUT2D eigenvalue weighted by Crippen LogP contribution is 2.41. The second-order valence-corrected chi connectivity index (χ2v) is 4.88. The minimum atomic E-state index is -1.57. The van der Waals surface area contributed by atoms with Crippen LogP contribution < -0.4 is 11.2 Å². The molecule has 0 radical (unpaired) electrons. The van der Waals surface area contributed by atoms with Crippen molar-refractivity contribution in [3.8, 4) is 0 Å². The van der Waals surface area contributed by atoms with Crippen LogP contribution in [0.3, 0.4) is 0 Å². The third-order valence-corrected chi connectivity index (χ3v) is 3.51. The molecular weight excluding hydrogens is 289 g/mol. The quantitative estimate of drug-likeness (QED) is 0.828. The van der Waals surface area contributed by atoms with Crippen molar-refractivity contribution in [1.29, 1.82) is 0 Å². The average Bonchev–Trinajstić information content (AvgIpc) is 3.12. The molecule has 1 heterocycles. The Morgan fingerprint density at radius 2 is 2.00 bits per heavy atom. The summed E-state index contributed by atoms with van der Waals surface area (Å²) < 4.78 is 41.8. The van der Waals surface area contributed by atoms with Crippen molar-refractivity contribution in [1.82, 2.24) is 4.57 Å². The molecule has 0 saturated heterocycles. The highest BCUT2D eigenvalue weighted by atomic mass is 19.1. The molecule has 1 fully saturated rings. The van der Waals surface area contributed by atoms with Gasteiger partial charge in [0.15, 0.2) is 5.82 Å². The van der Waals surface area contributed by atoms with E-state index < -0.39 is 51.9 Å². The van der Waals surface area contributed by atoms with Crippen LogP contribution in [-0.4, -0.2) is 21.8 Å². The molecule has 2 aromatic rings. The summed E-state index contributed by atoms with van der Waals surface area (Å²) in [6.07, 6.45) is -0.339. The van der Waals surface area contributed by atoms with Crippen molar-refractivity contribution >= 4 is 22.6 Å². The van der Waals surface area contributed by atoms with Crippen LogP contribution in [-0.2, 0) is 0 Å². The molecule has 3 rings (SSSR count). The van der Waals surface area contributed by atoms with Gasteiger partial charge in [0.05, 0.1) is 22.6 Å². The van der Waals surface area contributed by atoms with E-state index in [2.05, 4.69) is 0 Å². The zero-order valence-corrected chi connectivity index (χ0v) is 10.4. The number of hydrogen-bond acceptors (Lipinski definition) is 3. The standard InChI is InChI=1S/C13H9F3N2O3/c14-5-2-8(5)18-3-4(13(20)21)12(19)9-10(17)6(15)1-7(16)11(9)18/h1,3,5,8H,2,17H2,(H,20,21)/t5-,8-/m1/s1. The van der Waals surface area contributed by atoms with Crippen molar-refractivity contribution in [2.45, 2.75) is 18.6 Å². The molecule has 2 atom stereocenters. The molecule has 1 aliphatic carbocycles. The lowest BCUT2D eigenvalue weighted by Gasteiger charge is -2.13. The molecule has 21 heavy (non-hydrogen) atoms. The van der Waals surface area contributed by atoms with Gasteiger partial charge in [-0.05, 0) is 0 Å². The molecule has 1 saturated carbocycles. The van der Waals surface area contributed by atoms with Crippen molar-refractivity contribution in [3.63, 3.8) is 0 Å². The Hall–Kier alpha value is -2.51. The van der Waals surface area contributed by atoms with E-state index in [9.17, 15) is 22.8 Å². The summed E-state index contributed by atoms with van der Waals surface area (Å²) in [5.74, 6) is -3.83. The first kappa shape index (κ1) is 13.5. The summed E-state index contributed by atoms with van der Waals surface area (Å²) in [7, 11) is 0. The number of nitrogens with two attached hydrogens (primary N) is 1. The molecule has 0 aliphatic heterocycles. The van der Waals surface area contributed by atoms with Crippen LogP contribution in [0.2, 0.25) is 0 Å². The second kappa shape index (κ2) is 4.24. The van der Waals surface area contributed by atoms with E-state index in [-0.39, 0.29) is 11.9 Å². The number of fused-ring (bicyclic) bond motifs is 1. The number of anilines is 1. The number of nitrogen functional groups attached to an aromatic ring is 1. The number of benzene rings is 1. The first-order valence-electron chi connectivity index (χ1n) is 6.02. The number of alkyl halides is 1. The van der Waals surface area contributed by atoms with Crippen molar-refractivity contribution in [2.24, 2.45) is 0 Å². The zero-order chi connectivity index (χ0) is 15.5. The Kier molecular flexibility index (Phi) is 2.72. The van der Waals surface area contributed by atoms with Gasteiger partial charge in [-0.15, -0.1) is 0 Å². The van der Waals surface area contributed by atoms with Gasteiger partial charge in [0.1, 0.15) is 17.6 Å². The maximum Gasteiger partial charge on any atom is 0.341 e. The number of aromatic carboxylic acids is 1. The van der Waals surface area contributed by atoms with Gasteiger partial charge in [0.25, 0.3) is 0 Å². The van der Waals surface area contributed by atoms with Crippen LogP contribution in [0.4, 0.5) is 18.9 Å². The third kappa shape index (κ3) is 1.86. The van der Waals surface area contributed by atoms with Crippen LogP contribution in [0.1, 0.15) is 22.8 Å². The Morgan fingerprint density at radius 3 is 2.52 bits per heavy atom. The number of aromatic nitrogens is 1. The van der Waals surface area contributed by atoms with Crippen LogP contribution in [0, 0.1) is 11.6 Å². The van der Waals surface area contributed by atoms with Gasteiger partial charge < -0.3 is 15.4 Å². The highest BCUT2D eigenvalue weighted by molar-refractivity contribution is 5.97. The smallest absolute Gasteiger partial charge is 0.341 e. The molecule has 1 aromatic heterocycles. The molecule has 1 aliphatic rings. The topological polar surface area (TPSA) is 85.3 Å². The molecule has 1 aromatic carbocycles. The van der Waals surface area contributed by atoms with E-state index in [1.54, 1.807) is 0 Å². The van der Waals surface area contributed by atoms with Gasteiger partial charge in [-0.1, -0.05) is 0 Å². The molecule has 110 valence electrons. The number of pyridine rings is 1. The number of nitrogens with zero attached hydrogens (tertiary/aromatic N) is 1. The fraction of sp³-hybridized carbons (Fsp3) is 0.231. The van der Waals surface area contributed by atoms with Gasteiger partial charge in [-0.2, -0.15) is 0 Å². The Labute approximate surface area is 115 Å². The predicted octanol–water partition coefficient (Wildman–Crippen LogP) is 1.84. The Morgan fingerprint density at radius 1 is 1.38 bits per heavy atom. The number of carboxylic acid groups (broad SMARTS) is 1. The summed E-state index contributed by atoms with van der Waals surface area (Å²) in [4.78, 5) is 23.2. The van der Waals surface area contributed by atoms with Gasteiger partial charge in [0.2, 0.25) is 5.43 Å². The second-order valence-electron chi connectivity index (χ2n) is 4.88. The maximum atomic E-state index is 14.0. The predicted molar refractivity (Wildman–Crippen MR) is 68.0 cm³/mol. The van der Waals surface area contributed by atoms with Crippen molar-refractivity contribution in [2.75, 3.05) is 5.73 Å². The van der Waals surface area contributed by atoms with E-state index in [1.807, 2.05) is 0 Å². The largest absolute Gasteiger partial charge is 0.477 e. The summed E-state index contributed by atoms with van der Waals surface area (Å²) in [5, 5.41) is 8.43. The Bertz CT molecular complexity index is 847. The van der Waals surface area contributed by atoms with Gasteiger partial charge in [-0.3, -0.25) is 4.79 Å². The lowest BCUT2D eigenvalue weighted by molar-refractivity contribution is 0.0694. The molecular formula is C13H9F3N2O3. The minimum absolute atomic E-state index is 0.0632. The van der Waals surface area contributed by atoms with Gasteiger partial charge in [-0.25, -0.2) is 18.0 Å². The van der Waals surface area contributed by atoms with Gasteiger partial charge in [0, 0.05) is 18.7 Å². The first-order chi connectivity index (χ1) is 9.82. The fourth-order valence-electron chi connectivity index (χ4n) is 2.36. The lowest BCUT2D eigenvalue weighted by Crippen LogP contribution is -2.21. The van der Waals surface area contributed by atoms with Crippen molar-refractivity contribution < 1.29 is 23.1 Å². The number of carboxylic acids is 1. The maximum absolute atomic E-state index is 14.0. The summed E-state index contributed by atoms with van der Waals surface area (Å²) in [6.45, 7) is 0. The lowest BCUT2D eigenvalue weighted by atomic mass is 10.1. The third-order valence-electron chi connectivity index (χ3n) is 3.51. The number of hydrogen-bond donors (Lipinski definition) is 2. The van der Waals surface area contributed by atoms with Gasteiger partial charge >= 0.3 is 5.97 Å².